The molecular weight excluding hydrogens is 310 g/mol. The van der Waals surface area contributed by atoms with Crippen LogP contribution in [0.3, 0.4) is 0 Å². The maximum atomic E-state index is 12.6. The van der Waals surface area contributed by atoms with Crippen LogP contribution in [0.1, 0.15) is 22.3 Å². The van der Waals surface area contributed by atoms with Crippen LogP contribution in [0.5, 0.6) is 0 Å². The molecule has 2 aromatic rings. The van der Waals surface area contributed by atoms with Crippen molar-refractivity contribution in [1.82, 2.24) is 9.97 Å². The van der Waals surface area contributed by atoms with Crippen molar-refractivity contribution >= 4 is 27.4 Å². The van der Waals surface area contributed by atoms with E-state index < -0.39 is 10.0 Å². The van der Waals surface area contributed by atoms with Crippen LogP contribution in [-0.2, 0) is 10.0 Å². The van der Waals surface area contributed by atoms with Gasteiger partial charge in [-0.1, -0.05) is 17.7 Å². The van der Waals surface area contributed by atoms with E-state index in [4.69, 9.17) is 11.6 Å². The van der Waals surface area contributed by atoms with Gasteiger partial charge in [-0.3, -0.25) is 4.72 Å². The molecule has 1 heterocycles. The van der Waals surface area contributed by atoms with Gasteiger partial charge in [-0.25, -0.2) is 18.4 Å². The highest BCUT2D eigenvalue weighted by molar-refractivity contribution is 7.92. The number of halogens is 1. The van der Waals surface area contributed by atoms with E-state index in [0.29, 0.717) is 0 Å². The first kappa shape index (κ1) is 15.7. The van der Waals surface area contributed by atoms with Crippen LogP contribution < -0.4 is 4.72 Å². The highest BCUT2D eigenvalue weighted by Gasteiger charge is 2.22. The van der Waals surface area contributed by atoms with Crippen LogP contribution >= 0.6 is 11.6 Å². The predicted molar refractivity (Wildman–Crippen MR) is 83.2 cm³/mol. The molecule has 0 saturated heterocycles. The molecule has 1 aromatic heterocycles. The molecule has 112 valence electrons. The van der Waals surface area contributed by atoms with E-state index in [1.54, 1.807) is 13.8 Å². The minimum absolute atomic E-state index is 0.136. The maximum absolute atomic E-state index is 12.6. The van der Waals surface area contributed by atoms with Gasteiger partial charge in [0.25, 0.3) is 10.0 Å². The first-order valence-electron chi connectivity index (χ1n) is 6.30. The number of hydrogen-bond donors (Lipinski definition) is 1. The number of nitrogens with one attached hydrogen (secondary N) is 1. The summed E-state index contributed by atoms with van der Waals surface area (Å²) in [7, 11) is -3.73. The molecule has 0 fully saturated rings. The summed E-state index contributed by atoms with van der Waals surface area (Å²) in [5.74, 6) is 0.136. The fourth-order valence-corrected chi connectivity index (χ4v) is 3.85. The normalized spacial score (nSPS) is 11.5. The lowest BCUT2D eigenvalue weighted by atomic mass is 10.0. The van der Waals surface area contributed by atoms with Crippen LogP contribution in [0.15, 0.2) is 23.4 Å². The third-order valence-corrected chi connectivity index (χ3v) is 5.25. The highest BCUT2D eigenvalue weighted by atomic mass is 35.5. The van der Waals surface area contributed by atoms with Gasteiger partial charge in [-0.2, -0.15) is 0 Å². The second-order valence-electron chi connectivity index (χ2n) is 4.92. The van der Waals surface area contributed by atoms with Crippen LogP contribution in [-0.4, -0.2) is 18.4 Å². The average molecular weight is 326 g/mol. The van der Waals surface area contributed by atoms with Crippen molar-refractivity contribution < 1.29 is 8.42 Å². The molecule has 0 amide bonds. The fourth-order valence-electron chi connectivity index (χ4n) is 2.14. The molecule has 7 heteroatoms. The lowest BCUT2D eigenvalue weighted by molar-refractivity contribution is 0.599. The van der Waals surface area contributed by atoms with E-state index in [-0.39, 0.29) is 15.9 Å². The molecule has 0 radical (unpaired) electrons. The highest BCUT2D eigenvalue weighted by Crippen LogP contribution is 2.27. The van der Waals surface area contributed by atoms with Gasteiger partial charge >= 0.3 is 0 Å². The van der Waals surface area contributed by atoms with E-state index >= 15 is 0 Å². The minimum atomic E-state index is -3.73. The first-order chi connectivity index (χ1) is 9.72. The Hall–Kier alpha value is -1.66. The average Bonchev–Trinajstić information content (AvgIpc) is 2.39. The summed E-state index contributed by atoms with van der Waals surface area (Å²) < 4.78 is 27.7. The lowest BCUT2D eigenvalue weighted by Gasteiger charge is -2.16. The molecular formula is C14H16ClN3O2S. The number of aromatic nitrogens is 2. The summed E-state index contributed by atoms with van der Waals surface area (Å²) in [5, 5.41) is 0.205. The SMILES string of the molecule is Cc1cc(C)c(C)c(S(=O)(=O)Nc2cnc(Cl)cn2)c1C. The zero-order valence-electron chi connectivity index (χ0n) is 12.2. The largest absolute Gasteiger partial charge is 0.263 e. The van der Waals surface area contributed by atoms with Gasteiger partial charge in [0.2, 0.25) is 0 Å². The van der Waals surface area contributed by atoms with Crippen molar-refractivity contribution in [3.05, 3.63) is 45.9 Å². The van der Waals surface area contributed by atoms with E-state index in [0.717, 1.165) is 22.3 Å². The molecule has 0 saturated carbocycles. The summed E-state index contributed by atoms with van der Waals surface area (Å²) in [6.07, 6.45) is 2.58. The van der Waals surface area contributed by atoms with Gasteiger partial charge < -0.3 is 0 Å². The topological polar surface area (TPSA) is 72.0 Å². The number of sulfonamides is 1. The van der Waals surface area contributed by atoms with Crippen molar-refractivity contribution in [2.24, 2.45) is 0 Å². The van der Waals surface area contributed by atoms with E-state index in [2.05, 4.69) is 14.7 Å². The molecule has 21 heavy (non-hydrogen) atoms. The van der Waals surface area contributed by atoms with E-state index in [1.807, 2.05) is 19.9 Å². The molecule has 0 aliphatic carbocycles. The zero-order valence-corrected chi connectivity index (χ0v) is 13.8. The third kappa shape index (κ3) is 3.16. The molecule has 0 aliphatic heterocycles. The molecule has 0 spiro atoms. The standard InChI is InChI=1S/C14H16ClN3O2S/c1-8-5-9(2)11(4)14(10(8)3)21(19,20)18-13-7-16-12(15)6-17-13/h5-7H,1-4H3,(H,17,18). The number of nitrogens with zero attached hydrogens (tertiary/aromatic N) is 2. The molecule has 0 bridgehead atoms. The quantitative estimate of drug-likeness (QED) is 0.940. The Balaban J connectivity index is 2.52. The molecule has 5 nitrogen and oxygen atoms in total. The van der Waals surface area contributed by atoms with Crippen molar-refractivity contribution in [3.63, 3.8) is 0 Å². The molecule has 1 N–H and O–H groups in total. The number of aryl methyl sites for hydroxylation is 2. The lowest BCUT2D eigenvalue weighted by Crippen LogP contribution is -2.17. The summed E-state index contributed by atoms with van der Waals surface area (Å²) in [6.45, 7) is 7.37. The minimum Gasteiger partial charge on any atom is -0.262 e. The van der Waals surface area contributed by atoms with Gasteiger partial charge in [0.15, 0.2) is 5.82 Å². The predicted octanol–water partition coefficient (Wildman–Crippen LogP) is 3.16. The third-order valence-electron chi connectivity index (χ3n) is 3.43. The second-order valence-corrected chi connectivity index (χ2v) is 6.93. The molecule has 2 rings (SSSR count). The molecule has 1 aromatic carbocycles. The smallest absolute Gasteiger partial charge is 0.262 e. The Morgan fingerprint density at radius 1 is 1.00 bits per heavy atom. The fraction of sp³-hybridized carbons (Fsp3) is 0.286. The number of anilines is 1. The molecule has 0 aliphatic rings. The Kier molecular flexibility index (Phi) is 4.20. The monoisotopic (exact) mass is 325 g/mol. The number of hydrogen-bond acceptors (Lipinski definition) is 4. The van der Waals surface area contributed by atoms with E-state index in [9.17, 15) is 8.42 Å². The van der Waals surface area contributed by atoms with Gasteiger partial charge in [-0.05, 0) is 49.9 Å². The maximum Gasteiger partial charge on any atom is 0.263 e. The van der Waals surface area contributed by atoms with Crippen LogP contribution in [0, 0.1) is 27.7 Å². The number of benzene rings is 1. The van der Waals surface area contributed by atoms with Crippen molar-refractivity contribution in [2.75, 3.05) is 4.72 Å². The summed E-state index contributed by atoms with van der Waals surface area (Å²) in [6, 6.07) is 1.98. The van der Waals surface area contributed by atoms with Crippen molar-refractivity contribution in [1.29, 1.82) is 0 Å². The van der Waals surface area contributed by atoms with Gasteiger partial charge in [0, 0.05) is 0 Å². The van der Waals surface area contributed by atoms with Crippen molar-refractivity contribution in [2.45, 2.75) is 32.6 Å². The number of rotatable bonds is 3. The Morgan fingerprint density at radius 3 is 2.05 bits per heavy atom. The summed E-state index contributed by atoms with van der Waals surface area (Å²) >= 11 is 5.64. The Bertz CT molecular complexity index is 761. The molecule has 0 atom stereocenters. The zero-order chi connectivity index (χ0) is 15.8. The van der Waals surface area contributed by atoms with Crippen LogP contribution in [0.25, 0.3) is 0 Å². The molecule has 0 unspecified atom stereocenters. The Morgan fingerprint density at radius 2 is 1.57 bits per heavy atom. The van der Waals surface area contributed by atoms with Gasteiger partial charge in [-0.15, -0.1) is 0 Å². The van der Waals surface area contributed by atoms with Crippen molar-refractivity contribution in [3.8, 4) is 0 Å². The second kappa shape index (κ2) is 5.61. The van der Waals surface area contributed by atoms with Gasteiger partial charge in [0.1, 0.15) is 5.15 Å². The van der Waals surface area contributed by atoms with E-state index in [1.165, 1.54) is 12.4 Å². The van der Waals surface area contributed by atoms with Crippen LogP contribution in [0.2, 0.25) is 5.15 Å². The summed E-state index contributed by atoms with van der Waals surface area (Å²) in [5.41, 5.74) is 3.32. The first-order valence-corrected chi connectivity index (χ1v) is 8.16. The van der Waals surface area contributed by atoms with Gasteiger partial charge in [0.05, 0.1) is 17.3 Å². The van der Waals surface area contributed by atoms with Crippen LogP contribution in [0.4, 0.5) is 5.82 Å². The Labute approximate surface area is 129 Å². The summed E-state index contributed by atoms with van der Waals surface area (Å²) in [4.78, 5) is 8.01.